The summed E-state index contributed by atoms with van der Waals surface area (Å²) >= 11 is 6.26. The van der Waals surface area contributed by atoms with Gasteiger partial charge in [-0.15, -0.1) is 0 Å². The lowest BCUT2D eigenvalue weighted by Crippen LogP contribution is -2.34. The maximum atomic E-state index is 12.7. The molecule has 4 rings (SSSR count). The van der Waals surface area contributed by atoms with Crippen molar-refractivity contribution in [3.63, 3.8) is 0 Å². The minimum Gasteiger partial charge on any atom is -0.381 e. The largest absolute Gasteiger partial charge is 0.381 e. The standard InChI is InChI=1S/C23H20ClN3O2/c1-15-21(19-4-2-3-5-20(19)24)27-29-22(15)23(28)26-18-8-6-16(7-9-18)14-17-10-12-25-13-11-17/h2-13,15,22H,14H2,1H3,(H,26,28)/t15-,22+/m1/s1. The SMILES string of the molecule is C[C@@H]1C(c2ccccc2Cl)=NO[C@@H]1C(=O)Nc1ccc(Cc2ccncc2)cc1. The average molecular weight is 406 g/mol. The van der Waals surface area contributed by atoms with Crippen LogP contribution in [0.4, 0.5) is 5.69 Å². The number of amides is 1. The number of carbonyl (C=O) groups excluding carboxylic acids is 1. The summed E-state index contributed by atoms with van der Waals surface area (Å²) in [6.07, 6.45) is 3.68. The zero-order valence-corrected chi connectivity index (χ0v) is 16.6. The number of anilines is 1. The molecule has 0 aliphatic carbocycles. The Balaban J connectivity index is 1.39. The van der Waals surface area contributed by atoms with Gasteiger partial charge in [0.15, 0.2) is 0 Å². The average Bonchev–Trinajstić information content (AvgIpc) is 3.12. The van der Waals surface area contributed by atoms with Crippen molar-refractivity contribution < 1.29 is 9.63 Å². The number of benzene rings is 2. The van der Waals surface area contributed by atoms with E-state index in [9.17, 15) is 4.79 Å². The van der Waals surface area contributed by atoms with Gasteiger partial charge in [-0.3, -0.25) is 9.78 Å². The summed E-state index contributed by atoms with van der Waals surface area (Å²) in [6.45, 7) is 1.91. The Hall–Kier alpha value is -3.18. The van der Waals surface area contributed by atoms with Crippen LogP contribution in [0, 0.1) is 5.92 Å². The molecule has 1 N–H and O–H groups in total. The molecule has 1 aliphatic rings. The van der Waals surface area contributed by atoms with Gasteiger partial charge in [-0.2, -0.15) is 0 Å². The van der Waals surface area contributed by atoms with E-state index in [4.69, 9.17) is 16.4 Å². The molecule has 1 aliphatic heterocycles. The molecule has 0 saturated carbocycles. The van der Waals surface area contributed by atoms with E-state index in [1.165, 1.54) is 5.56 Å². The van der Waals surface area contributed by atoms with Gasteiger partial charge in [0, 0.05) is 28.7 Å². The van der Waals surface area contributed by atoms with Crippen molar-refractivity contribution in [3.05, 3.63) is 94.8 Å². The summed E-state index contributed by atoms with van der Waals surface area (Å²) < 4.78 is 0. The maximum Gasteiger partial charge on any atom is 0.268 e. The third-order valence-electron chi connectivity index (χ3n) is 4.94. The van der Waals surface area contributed by atoms with Crippen molar-refractivity contribution in [1.82, 2.24) is 4.98 Å². The summed E-state index contributed by atoms with van der Waals surface area (Å²) in [7, 11) is 0. The first kappa shape index (κ1) is 19.2. The second kappa shape index (κ2) is 8.45. The number of nitrogens with zero attached hydrogens (tertiary/aromatic N) is 2. The van der Waals surface area contributed by atoms with Gasteiger partial charge < -0.3 is 10.2 Å². The van der Waals surface area contributed by atoms with E-state index in [1.807, 2.05) is 61.5 Å². The van der Waals surface area contributed by atoms with Crippen molar-refractivity contribution in [3.8, 4) is 0 Å². The van der Waals surface area contributed by atoms with Crippen LogP contribution in [-0.4, -0.2) is 22.7 Å². The highest BCUT2D eigenvalue weighted by molar-refractivity contribution is 6.34. The summed E-state index contributed by atoms with van der Waals surface area (Å²) in [6, 6.07) is 19.2. The van der Waals surface area contributed by atoms with Gasteiger partial charge in [-0.05, 0) is 47.9 Å². The highest BCUT2D eigenvalue weighted by atomic mass is 35.5. The van der Waals surface area contributed by atoms with E-state index in [0.717, 1.165) is 23.2 Å². The fourth-order valence-corrected chi connectivity index (χ4v) is 3.56. The van der Waals surface area contributed by atoms with Crippen LogP contribution < -0.4 is 5.32 Å². The van der Waals surface area contributed by atoms with Gasteiger partial charge in [-0.1, -0.05) is 54.0 Å². The van der Waals surface area contributed by atoms with Crippen LogP contribution in [0.5, 0.6) is 0 Å². The zero-order valence-electron chi connectivity index (χ0n) is 15.9. The van der Waals surface area contributed by atoms with Crippen LogP contribution in [0.2, 0.25) is 5.02 Å². The molecule has 0 spiro atoms. The summed E-state index contributed by atoms with van der Waals surface area (Å²) in [5.41, 5.74) is 4.54. The lowest BCUT2D eigenvalue weighted by molar-refractivity contribution is -0.127. The smallest absolute Gasteiger partial charge is 0.268 e. The van der Waals surface area contributed by atoms with Crippen molar-refractivity contribution >= 4 is 28.9 Å². The van der Waals surface area contributed by atoms with Gasteiger partial charge in [0.2, 0.25) is 6.10 Å². The molecule has 0 bridgehead atoms. The molecule has 2 aromatic carbocycles. The predicted octanol–water partition coefficient (Wildman–Crippen LogP) is 4.70. The highest BCUT2D eigenvalue weighted by Gasteiger charge is 2.37. The molecule has 0 saturated heterocycles. The molecule has 1 aromatic heterocycles. The number of halogens is 1. The van der Waals surface area contributed by atoms with Crippen molar-refractivity contribution in [1.29, 1.82) is 0 Å². The Morgan fingerprint density at radius 2 is 1.72 bits per heavy atom. The van der Waals surface area contributed by atoms with Crippen LogP contribution >= 0.6 is 11.6 Å². The molecular formula is C23H20ClN3O2. The third-order valence-corrected chi connectivity index (χ3v) is 5.27. The summed E-state index contributed by atoms with van der Waals surface area (Å²) in [5, 5.41) is 7.62. The molecule has 2 heterocycles. The summed E-state index contributed by atoms with van der Waals surface area (Å²) in [4.78, 5) is 22.2. The number of aromatic nitrogens is 1. The second-order valence-corrected chi connectivity index (χ2v) is 7.40. The third kappa shape index (κ3) is 4.30. The second-order valence-electron chi connectivity index (χ2n) is 6.99. The monoisotopic (exact) mass is 405 g/mol. The first-order chi connectivity index (χ1) is 14.1. The Labute approximate surface area is 174 Å². The quantitative estimate of drug-likeness (QED) is 0.669. The van der Waals surface area contributed by atoms with E-state index in [0.29, 0.717) is 10.7 Å². The Kier molecular flexibility index (Phi) is 5.58. The van der Waals surface area contributed by atoms with Crippen LogP contribution in [0.1, 0.15) is 23.6 Å². The Bertz CT molecular complexity index is 1040. The Morgan fingerprint density at radius 3 is 2.45 bits per heavy atom. The molecule has 1 amide bonds. The number of hydrogen-bond donors (Lipinski definition) is 1. The fourth-order valence-electron chi connectivity index (χ4n) is 3.33. The number of oxime groups is 1. The number of hydrogen-bond acceptors (Lipinski definition) is 4. The van der Waals surface area contributed by atoms with E-state index in [2.05, 4.69) is 15.5 Å². The van der Waals surface area contributed by atoms with Crippen molar-refractivity contribution in [2.45, 2.75) is 19.4 Å². The van der Waals surface area contributed by atoms with Gasteiger partial charge in [0.25, 0.3) is 5.91 Å². The van der Waals surface area contributed by atoms with E-state index in [-0.39, 0.29) is 11.8 Å². The molecule has 0 radical (unpaired) electrons. The van der Waals surface area contributed by atoms with Gasteiger partial charge in [-0.25, -0.2) is 0 Å². The highest BCUT2D eigenvalue weighted by Crippen LogP contribution is 2.28. The molecule has 3 aromatic rings. The van der Waals surface area contributed by atoms with E-state index in [1.54, 1.807) is 18.5 Å². The lowest BCUT2D eigenvalue weighted by Gasteiger charge is -2.15. The van der Waals surface area contributed by atoms with Crippen molar-refractivity contribution in [2.75, 3.05) is 5.32 Å². The number of carbonyl (C=O) groups is 1. The minimum absolute atomic E-state index is 0.208. The number of nitrogens with one attached hydrogen (secondary N) is 1. The van der Waals surface area contributed by atoms with Gasteiger partial charge in [0.1, 0.15) is 0 Å². The lowest BCUT2D eigenvalue weighted by atomic mass is 9.93. The topological polar surface area (TPSA) is 63.6 Å². The molecule has 29 heavy (non-hydrogen) atoms. The predicted molar refractivity (Wildman–Crippen MR) is 114 cm³/mol. The number of rotatable bonds is 5. The minimum atomic E-state index is -0.697. The normalized spacial score (nSPS) is 18.1. The van der Waals surface area contributed by atoms with Gasteiger partial charge >= 0.3 is 0 Å². The maximum absolute atomic E-state index is 12.7. The van der Waals surface area contributed by atoms with Crippen LogP contribution in [0.25, 0.3) is 0 Å². The molecule has 0 fully saturated rings. The van der Waals surface area contributed by atoms with Gasteiger partial charge in [0.05, 0.1) is 11.6 Å². The Morgan fingerprint density at radius 1 is 1.03 bits per heavy atom. The van der Waals surface area contributed by atoms with Crippen molar-refractivity contribution in [2.24, 2.45) is 11.1 Å². The van der Waals surface area contributed by atoms with Crippen LogP contribution in [-0.2, 0) is 16.1 Å². The molecule has 5 nitrogen and oxygen atoms in total. The molecule has 0 unspecified atom stereocenters. The number of pyridine rings is 1. The molecular weight excluding hydrogens is 386 g/mol. The fraction of sp³-hybridized carbons (Fsp3) is 0.174. The first-order valence-electron chi connectivity index (χ1n) is 9.39. The molecule has 6 heteroatoms. The van der Waals surface area contributed by atoms with Crippen LogP contribution in [0.3, 0.4) is 0 Å². The van der Waals surface area contributed by atoms with E-state index >= 15 is 0 Å². The van der Waals surface area contributed by atoms with E-state index < -0.39 is 6.10 Å². The summed E-state index contributed by atoms with van der Waals surface area (Å²) in [5.74, 6) is -0.439. The zero-order chi connectivity index (χ0) is 20.2. The first-order valence-corrected chi connectivity index (χ1v) is 9.77. The molecule has 146 valence electrons. The van der Waals surface area contributed by atoms with Crippen LogP contribution in [0.15, 0.2) is 78.2 Å². The molecule has 2 atom stereocenters.